The van der Waals surface area contributed by atoms with Gasteiger partial charge >= 0.3 is 0 Å². The van der Waals surface area contributed by atoms with E-state index in [0.717, 1.165) is 4.88 Å². The largest absolute Gasteiger partial charge is 0.322 e. The summed E-state index contributed by atoms with van der Waals surface area (Å²) in [5.41, 5.74) is 6.21. The molecule has 0 saturated heterocycles. The average Bonchev–Trinajstić information content (AvgIpc) is 2.62. The Hall–Kier alpha value is -0.390. The number of nitrogens with two attached hydrogens (primary N) is 1. The monoisotopic (exact) mass is 289 g/mol. The van der Waals surface area contributed by atoms with E-state index < -0.39 is 20.6 Å². The van der Waals surface area contributed by atoms with Gasteiger partial charge in [-0.15, -0.1) is 11.3 Å². The Morgan fingerprint density at radius 1 is 1.17 bits per heavy atom. The van der Waals surface area contributed by atoms with Gasteiger partial charge in [0.05, 0.1) is 10.8 Å². The van der Waals surface area contributed by atoms with Gasteiger partial charge in [-0.25, -0.2) is 8.42 Å². The second-order valence-electron chi connectivity index (χ2n) is 6.31. The molecule has 1 rings (SSSR count). The summed E-state index contributed by atoms with van der Waals surface area (Å²) in [7, 11) is -3.19. The van der Waals surface area contributed by atoms with Gasteiger partial charge in [0, 0.05) is 16.0 Å². The first kappa shape index (κ1) is 15.7. The van der Waals surface area contributed by atoms with Crippen LogP contribution in [0.15, 0.2) is 12.1 Å². The van der Waals surface area contributed by atoms with E-state index in [1.54, 1.807) is 25.2 Å². The minimum Gasteiger partial charge on any atom is -0.322 e. The highest BCUT2D eigenvalue weighted by atomic mass is 32.2. The first-order valence-corrected chi connectivity index (χ1v) is 8.63. The molecule has 0 aliphatic rings. The van der Waals surface area contributed by atoms with Crippen molar-refractivity contribution in [3.63, 3.8) is 0 Å². The molecular weight excluding hydrogens is 266 g/mol. The lowest BCUT2D eigenvalue weighted by molar-refractivity contribution is 0.501. The van der Waals surface area contributed by atoms with Crippen LogP contribution in [0.3, 0.4) is 0 Å². The fraction of sp³-hybridized carbons (Fsp3) is 0.692. The van der Waals surface area contributed by atoms with E-state index in [1.807, 2.05) is 12.1 Å². The van der Waals surface area contributed by atoms with Crippen LogP contribution < -0.4 is 5.73 Å². The summed E-state index contributed by atoms with van der Waals surface area (Å²) in [4.78, 5) is 2.15. The third kappa shape index (κ3) is 2.95. The van der Waals surface area contributed by atoms with Gasteiger partial charge < -0.3 is 5.73 Å². The molecule has 0 fully saturated rings. The Labute approximate surface area is 114 Å². The fourth-order valence-electron chi connectivity index (χ4n) is 1.50. The highest BCUT2D eigenvalue weighted by Crippen LogP contribution is 2.37. The zero-order valence-electron chi connectivity index (χ0n) is 11.9. The van der Waals surface area contributed by atoms with Crippen molar-refractivity contribution in [1.82, 2.24) is 0 Å². The second-order valence-corrected chi connectivity index (χ2v) is 10.0. The molecule has 104 valence electrons. The van der Waals surface area contributed by atoms with Crippen molar-refractivity contribution >= 4 is 21.2 Å². The zero-order valence-corrected chi connectivity index (χ0v) is 13.6. The van der Waals surface area contributed by atoms with Crippen LogP contribution in [0.4, 0.5) is 0 Å². The predicted molar refractivity (Wildman–Crippen MR) is 78.9 cm³/mol. The first-order valence-electron chi connectivity index (χ1n) is 5.93. The molecule has 0 bridgehead atoms. The van der Waals surface area contributed by atoms with Gasteiger partial charge in [-0.1, -0.05) is 20.8 Å². The third-order valence-corrected chi connectivity index (χ3v) is 7.14. The van der Waals surface area contributed by atoms with E-state index in [9.17, 15) is 8.42 Å². The van der Waals surface area contributed by atoms with Crippen molar-refractivity contribution in [2.45, 2.75) is 50.8 Å². The highest BCUT2D eigenvalue weighted by molar-refractivity contribution is 7.92. The summed E-state index contributed by atoms with van der Waals surface area (Å²) in [5, 5.41) is 0. The van der Waals surface area contributed by atoms with Crippen LogP contribution in [-0.2, 0) is 15.3 Å². The maximum Gasteiger partial charge on any atom is 0.154 e. The molecule has 1 atom stereocenters. The van der Waals surface area contributed by atoms with Gasteiger partial charge in [0.1, 0.15) is 0 Å². The normalized spacial score (nSPS) is 15.7. The van der Waals surface area contributed by atoms with Crippen LogP contribution >= 0.6 is 11.3 Å². The van der Waals surface area contributed by atoms with Gasteiger partial charge in [0.15, 0.2) is 9.84 Å². The summed E-state index contributed by atoms with van der Waals surface area (Å²) in [6, 6.07) is 3.50. The Bertz CT molecular complexity index is 521. The van der Waals surface area contributed by atoms with Crippen molar-refractivity contribution in [3.05, 3.63) is 21.9 Å². The zero-order chi connectivity index (χ0) is 14.4. The molecule has 0 aliphatic heterocycles. The smallest absolute Gasteiger partial charge is 0.154 e. The summed E-state index contributed by atoms with van der Waals surface area (Å²) in [6.45, 7) is 9.77. The minimum absolute atomic E-state index is 0.0673. The first-order chi connectivity index (χ1) is 7.87. The molecule has 5 heteroatoms. The Morgan fingerprint density at radius 3 is 2.00 bits per heavy atom. The molecule has 0 radical (unpaired) electrons. The van der Waals surface area contributed by atoms with Gasteiger partial charge in [0.2, 0.25) is 0 Å². The number of thiophene rings is 1. The molecule has 0 saturated carbocycles. The molecule has 1 aromatic rings. The molecule has 1 heterocycles. The number of sulfone groups is 1. The maximum absolute atomic E-state index is 11.8. The molecule has 1 aromatic heterocycles. The lowest BCUT2D eigenvalue weighted by atomic mass is 9.95. The minimum atomic E-state index is -3.19. The molecule has 0 amide bonds. The van der Waals surface area contributed by atoms with Gasteiger partial charge in [-0.3, -0.25) is 0 Å². The number of hydrogen-bond donors (Lipinski definition) is 1. The lowest BCUT2D eigenvalue weighted by Gasteiger charge is -2.29. The molecular formula is C13H23NO2S2. The number of rotatable bonds is 3. The van der Waals surface area contributed by atoms with E-state index in [0.29, 0.717) is 0 Å². The molecule has 1 unspecified atom stereocenters. The Kier molecular flexibility index (Phi) is 4.02. The quantitative estimate of drug-likeness (QED) is 0.930. The lowest BCUT2D eigenvalue weighted by Crippen LogP contribution is -2.41. The van der Waals surface area contributed by atoms with Gasteiger partial charge in [0.25, 0.3) is 0 Å². The molecule has 0 spiro atoms. The van der Waals surface area contributed by atoms with Crippen LogP contribution in [0.5, 0.6) is 0 Å². The third-order valence-electron chi connectivity index (χ3n) is 3.38. The standard InChI is InChI=1S/C13H23NO2S2/c1-12(2,3)10-8-7-9(17-10)11(14)13(4,5)18(6,15)16/h7-8,11H,14H2,1-6H3. The van der Waals surface area contributed by atoms with Crippen molar-refractivity contribution in [2.24, 2.45) is 5.73 Å². The Balaban J connectivity index is 3.14. The van der Waals surface area contributed by atoms with Crippen LogP contribution in [0, 0.1) is 0 Å². The highest BCUT2D eigenvalue weighted by Gasteiger charge is 2.38. The second kappa shape index (κ2) is 4.62. The van der Waals surface area contributed by atoms with Gasteiger partial charge in [-0.2, -0.15) is 0 Å². The SMILES string of the molecule is CC(C)(C)c1ccc(C(N)C(C)(C)S(C)(=O)=O)s1. The molecule has 3 nitrogen and oxygen atoms in total. The van der Waals surface area contributed by atoms with E-state index in [2.05, 4.69) is 20.8 Å². The van der Waals surface area contributed by atoms with Gasteiger partial charge in [-0.05, 0) is 31.4 Å². The Morgan fingerprint density at radius 2 is 1.67 bits per heavy atom. The van der Waals surface area contributed by atoms with E-state index in [4.69, 9.17) is 5.73 Å². The molecule has 0 aromatic carbocycles. The van der Waals surface area contributed by atoms with Crippen molar-refractivity contribution in [3.8, 4) is 0 Å². The molecule has 18 heavy (non-hydrogen) atoms. The van der Waals surface area contributed by atoms with Crippen molar-refractivity contribution < 1.29 is 8.42 Å². The topological polar surface area (TPSA) is 60.2 Å². The van der Waals surface area contributed by atoms with Crippen LogP contribution in [-0.4, -0.2) is 19.4 Å². The molecule has 0 aliphatic carbocycles. The van der Waals surface area contributed by atoms with E-state index in [-0.39, 0.29) is 5.41 Å². The van der Waals surface area contributed by atoms with E-state index >= 15 is 0 Å². The predicted octanol–water partition coefficient (Wildman–Crippen LogP) is 2.87. The summed E-state index contributed by atoms with van der Waals surface area (Å²) < 4.78 is 22.6. The maximum atomic E-state index is 11.8. The van der Waals surface area contributed by atoms with E-state index in [1.165, 1.54) is 11.1 Å². The van der Waals surface area contributed by atoms with Crippen LogP contribution in [0.25, 0.3) is 0 Å². The summed E-state index contributed by atoms with van der Waals surface area (Å²) in [6.07, 6.45) is 1.24. The van der Waals surface area contributed by atoms with Crippen molar-refractivity contribution in [2.75, 3.05) is 6.26 Å². The summed E-state index contributed by atoms with van der Waals surface area (Å²) in [5.74, 6) is 0. The van der Waals surface area contributed by atoms with Crippen LogP contribution in [0.2, 0.25) is 0 Å². The molecule has 2 N–H and O–H groups in total. The number of hydrogen-bond acceptors (Lipinski definition) is 4. The van der Waals surface area contributed by atoms with Crippen LogP contribution in [0.1, 0.15) is 50.4 Å². The fourth-order valence-corrected chi connectivity index (χ4v) is 3.41. The summed E-state index contributed by atoms with van der Waals surface area (Å²) >= 11 is 1.60. The van der Waals surface area contributed by atoms with Crippen molar-refractivity contribution in [1.29, 1.82) is 0 Å². The average molecular weight is 289 g/mol.